The fourth-order valence-electron chi connectivity index (χ4n) is 3.18. The van der Waals surface area contributed by atoms with E-state index in [0.29, 0.717) is 11.1 Å². The van der Waals surface area contributed by atoms with E-state index in [0.717, 1.165) is 11.1 Å². The molecule has 2 unspecified atom stereocenters. The van der Waals surface area contributed by atoms with Gasteiger partial charge in [-0.05, 0) is 11.1 Å². The molecule has 2 nitrogen and oxygen atoms in total. The standard InChI is InChI=1S/C22H16O2S/c23-19(15-9-3-1-4-10-15)21-17-13-7-8-14-18(17)22(25-21)20(24)16-11-5-2-6-12-16/h1-14,21-22H. The summed E-state index contributed by atoms with van der Waals surface area (Å²) < 4.78 is 0. The summed E-state index contributed by atoms with van der Waals surface area (Å²) in [7, 11) is 0. The molecule has 0 saturated carbocycles. The van der Waals surface area contributed by atoms with Crippen LogP contribution in [-0.4, -0.2) is 11.6 Å². The van der Waals surface area contributed by atoms with E-state index in [9.17, 15) is 9.59 Å². The van der Waals surface area contributed by atoms with Crippen molar-refractivity contribution in [1.29, 1.82) is 0 Å². The average molecular weight is 344 g/mol. The molecule has 1 heterocycles. The van der Waals surface area contributed by atoms with Crippen LogP contribution in [0.25, 0.3) is 0 Å². The Hall–Kier alpha value is -2.65. The molecule has 0 spiro atoms. The topological polar surface area (TPSA) is 34.1 Å². The predicted octanol–water partition coefficient (Wildman–Crippen LogP) is 5.28. The molecule has 0 saturated heterocycles. The molecule has 3 aromatic rings. The molecule has 1 aliphatic rings. The van der Waals surface area contributed by atoms with E-state index in [1.807, 2.05) is 84.9 Å². The Morgan fingerprint density at radius 1 is 0.560 bits per heavy atom. The zero-order valence-corrected chi connectivity index (χ0v) is 14.3. The van der Waals surface area contributed by atoms with Gasteiger partial charge in [-0.2, -0.15) is 0 Å². The second kappa shape index (κ2) is 6.69. The van der Waals surface area contributed by atoms with Crippen molar-refractivity contribution in [3.63, 3.8) is 0 Å². The first-order chi connectivity index (χ1) is 12.3. The fourth-order valence-corrected chi connectivity index (χ4v) is 4.70. The maximum absolute atomic E-state index is 13.0. The fraction of sp³-hybridized carbons (Fsp3) is 0.0909. The van der Waals surface area contributed by atoms with Gasteiger partial charge in [-0.15, -0.1) is 11.8 Å². The number of hydrogen-bond acceptors (Lipinski definition) is 3. The van der Waals surface area contributed by atoms with Crippen LogP contribution >= 0.6 is 11.8 Å². The number of rotatable bonds is 4. The van der Waals surface area contributed by atoms with Gasteiger partial charge in [-0.1, -0.05) is 84.9 Å². The molecule has 0 fully saturated rings. The number of ketones is 2. The molecule has 3 aromatic carbocycles. The van der Waals surface area contributed by atoms with Crippen LogP contribution in [0.4, 0.5) is 0 Å². The molecular formula is C22H16O2S. The lowest BCUT2D eigenvalue weighted by atomic mass is 9.94. The summed E-state index contributed by atoms with van der Waals surface area (Å²) in [4.78, 5) is 26.0. The third kappa shape index (κ3) is 2.92. The number of fused-ring (bicyclic) bond motifs is 1. The highest BCUT2D eigenvalue weighted by molar-refractivity contribution is 8.01. The molecule has 0 amide bonds. The molecule has 3 heteroatoms. The first-order valence-corrected chi connectivity index (χ1v) is 9.13. The van der Waals surface area contributed by atoms with Crippen molar-refractivity contribution < 1.29 is 9.59 Å². The van der Waals surface area contributed by atoms with Crippen molar-refractivity contribution in [2.75, 3.05) is 0 Å². The Labute approximate surface area is 150 Å². The zero-order chi connectivity index (χ0) is 17.2. The quantitative estimate of drug-likeness (QED) is 0.604. The molecule has 25 heavy (non-hydrogen) atoms. The molecule has 1 aliphatic heterocycles. The van der Waals surface area contributed by atoms with E-state index in [2.05, 4.69) is 0 Å². The van der Waals surface area contributed by atoms with Crippen LogP contribution in [-0.2, 0) is 0 Å². The highest BCUT2D eigenvalue weighted by atomic mass is 32.2. The highest BCUT2D eigenvalue weighted by Crippen LogP contribution is 2.52. The molecule has 4 rings (SSSR count). The van der Waals surface area contributed by atoms with Gasteiger partial charge in [-0.3, -0.25) is 9.59 Å². The lowest BCUT2D eigenvalue weighted by Crippen LogP contribution is -2.08. The Morgan fingerprint density at radius 2 is 0.920 bits per heavy atom. The van der Waals surface area contributed by atoms with Gasteiger partial charge in [0, 0.05) is 11.1 Å². The average Bonchev–Trinajstić information content (AvgIpc) is 3.08. The van der Waals surface area contributed by atoms with Crippen molar-refractivity contribution >= 4 is 23.3 Å². The first kappa shape index (κ1) is 15.9. The van der Waals surface area contributed by atoms with Gasteiger partial charge >= 0.3 is 0 Å². The van der Waals surface area contributed by atoms with Gasteiger partial charge in [0.25, 0.3) is 0 Å². The summed E-state index contributed by atoms with van der Waals surface area (Å²) in [6.45, 7) is 0. The number of carbonyl (C=O) groups excluding carboxylic acids is 2. The molecule has 122 valence electrons. The van der Waals surface area contributed by atoms with Crippen LogP contribution in [0.5, 0.6) is 0 Å². The molecule has 0 N–H and O–H groups in total. The normalized spacial score (nSPS) is 18.6. The Bertz CT molecular complexity index is 843. The smallest absolute Gasteiger partial charge is 0.180 e. The van der Waals surface area contributed by atoms with Gasteiger partial charge in [0.15, 0.2) is 11.6 Å². The van der Waals surface area contributed by atoms with Crippen molar-refractivity contribution in [3.8, 4) is 0 Å². The number of carbonyl (C=O) groups is 2. The zero-order valence-electron chi connectivity index (χ0n) is 13.5. The van der Waals surface area contributed by atoms with Crippen molar-refractivity contribution in [3.05, 3.63) is 107 Å². The Balaban J connectivity index is 1.71. The minimum absolute atomic E-state index is 0.0569. The van der Waals surface area contributed by atoms with Gasteiger partial charge in [0.05, 0.1) is 10.5 Å². The summed E-state index contributed by atoms with van der Waals surface area (Å²) >= 11 is 1.45. The van der Waals surface area contributed by atoms with Gasteiger partial charge in [-0.25, -0.2) is 0 Å². The van der Waals surface area contributed by atoms with Crippen LogP contribution in [0.3, 0.4) is 0 Å². The minimum Gasteiger partial charge on any atom is -0.293 e. The number of Topliss-reactive ketones (excluding diaryl/α,β-unsaturated/α-hetero) is 2. The molecular weight excluding hydrogens is 328 g/mol. The van der Waals surface area contributed by atoms with Gasteiger partial charge in [0.2, 0.25) is 0 Å². The number of thioether (sulfide) groups is 1. The van der Waals surface area contributed by atoms with Crippen LogP contribution in [0.15, 0.2) is 84.9 Å². The minimum atomic E-state index is -0.337. The Kier molecular flexibility index (Phi) is 4.24. The van der Waals surface area contributed by atoms with Gasteiger partial charge < -0.3 is 0 Å². The van der Waals surface area contributed by atoms with E-state index >= 15 is 0 Å². The summed E-state index contributed by atoms with van der Waals surface area (Å²) in [6.07, 6.45) is 0. The molecule has 0 aliphatic carbocycles. The van der Waals surface area contributed by atoms with Crippen LogP contribution in [0.2, 0.25) is 0 Å². The molecule has 0 aromatic heterocycles. The van der Waals surface area contributed by atoms with Gasteiger partial charge in [0.1, 0.15) is 0 Å². The van der Waals surface area contributed by atoms with Crippen molar-refractivity contribution in [1.82, 2.24) is 0 Å². The van der Waals surface area contributed by atoms with E-state index in [4.69, 9.17) is 0 Å². The first-order valence-electron chi connectivity index (χ1n) is 8.18. The third-order valence-electron chi connectivity index (χ3n) is 4.43. The maximum atomic E-state index is 13.0. The molecule has 0 bridgehead atoms. The van der Waals surface area contributed by atoms with E-state index in [1.165, 1.54) is 11.8 Å². The van der Waals surface area contributed by atoms with E-state index in [-0.39, 0.29) is 22.1 Å². The summed E-state index contributed by atoms with van der Waals surface area (Å²) in [6, 6.07) is 26.4. The van der Waals surface area contributed by atoms with Crippen LogP contribution < -0.4 is 0 Å². The Morgan fingerprint density at radius 3 is 1.32 bits per heavy atom. The lowest BCUT2D eigenvalue weighted by Gasteiger charge is -2.11. The summed E-state index contributed by atoms with van der Waals surface area (Å²) in [5, 5.41) is -0.674. The van der Waals surface area contributed by atoms with E-state index < -0.39 is 0 Å². The SMILES string of the molecule is O=C(c1ccccc1)C1SC(C(=O)c2ccccc2)c2ccccc21. The molecule has 2 atom stereocenters. The largest absolute Gasteiger partial charge is 0.293 e. The molecule has 0 radical (unpaired) electrons. The van der Waals surface area contributed by atoms with Crippen LogP contribution in [0, 0.1) is 0 Å². The van der Waals surface area contributed by atoms with Crippen molar-refractivity contribution in [2.24, 2.45) is 0 Å². The van der Waals surface area contributed by atoms with Crippen LogP contribution in [0.1, 0.15) is 42.3 Å². The second-order valence-corrected chi connectivity index (χ2v) is 7.20. The monoisotopic (exact) mass is 344 g/mol. The summed E-state index contributed by atoms with van der Waals surface area (Å²) in [5.74, 6) is 0.114. The summed E-state index contributed by atoms with van der Waals surface area (Å²) in [5.41, 5.74) is 3.27. The predicted molar refractivity (Wildman–Crippen MR) is 101 cm³/mol. The third-order valence-corrected chi connectivity index (χ3v) is 5.91. The highest BCUT2D eigenvalue weighted by Gasteiger charge is 2.39. The number of hydrogen-bond donors (Lipinski definition) is 0. The van der Waals surface area contributed by atoms with E-state index in [1.54, 1.807) is 0 Å². The maximum Gasteiger partial charge on any atom is 0.180 e. The van der Waals surface area contributed by atoms with Crippen molar-refractivity contribution in [2.45, 2.75) is 10.5 Å². The number of benzene rings is 3. The second-order valence-electron chi connectivity index (χ2n) is 5.99. The lowest BCUT2D eigenvalue weighted by molar-refractivity contribution is 0.0985.